The molecule has 3 heterocycles. The molecule has 0 saturated carbocycles. The lowest BCUT2D eigenvalue weighted by Crippen LogP contribution is -2.28. The Morgan fingerprint density at radius 2 is 1.85 bits per heavy atom. The third-order valence-electron chi connectivity index (χ3n) is 5.49. The van der Waals surface area contributed by atoms with E-state index in [0.717, 1.165) is 16.7 Å². The molecule has 0 bridgehead atoms. The number of nitrogens with zero attached hydrogens (tertiary/aromatic N) is 4. The molecule has 5 aromatic rings. The van der Waals surface area contributed by atoms with Crippen molar-refractivity contribution >= 4 is 27.8 Å². The Kier molecular flexibility index (Phi) is 5.04. The van der Waals surface area contributed by atoms with Crippen molar-refractivity contribution in [1.82, 2.24) is 24.5 Å². The van der Waals surface area contributed by atoms with E-state index in [9.17, 15) is 18.0 Å². The van der Waals surface area contributed by atoms with Crippen molar-refractivity contribution in [2.45, 2.75) is 19.4 Å². The number of anilines is 1. The van der Waals surface area contributed by atoms with Crippen LogP contribution in [0.15, 0.2) is 59.9 Å². The quantitative estimate of drug-likeness (QED) is 0.407. The zero-order valence-electron chi connectivity index (χ0n) is 17.3. The van der Waals surface area contributed by atoms with Gasteiger partial charge in [-0.1, -0.05) is 25.1 Å². The number of hydrogen-bond donors (Lipinski definition) is 2. The molecule has 0 unspecified atom stereocenters. The van der Waals surface area contributed by atoms with Gasteiger partial charge in [-0.15, -0.1) is 0 Å². The average Bonchev–Trinajstić information content (AvgIpc) is 3.29. The first-order chi connectivity index (χ1) is 16.0. The predicted octanol–water partition coefficient (Wildman–Crippen LogP) is 4.64. The summed E-state index contributed by atoms with van der Waals surface area (Å²) in [6.07, 6.45) is 3.26. The van der Waals surface area contributed by atoms with E-state index >= 15 is 0 Å². The molecule has 0 amide bonds. The lowest BCUT2D eigenvalue weighted by Gasteiger charge is -2.23. The van der Waals surface area contributed by atoms with Crippen LogP contribution in [0.3, 0.4) is 0 Å². The number of fused-ring (bicyclic) bond motifs is 2. The van der Waals surface area contributed by atoms with E-state index in [1.807, 2.05) is 6.92 Å². The second-order valence-corrected chi connectivity index (χ2v) is 7.41. The molecule has 0 saturated heterocycles. The molecule has 0 aliphatic carbocycles. The molecule has 0 radical (unpaired) electrons. The summed E-state index contributed by atoms with van der Waals surface area (Å²) in [6.45, 7) is 1.85. The molecule has 1 atom stereocenters. The van der Waals surface area contributed by atoms with Crippen molar-refractivity contribution in [3.05, 3.63) is 88.6 Å². The number of hydrogen-bond acceptors (Lipinski definition) is 5. The van der Waals surface area contributed by atoms with Crippen LogP contribution in [0.5, 0.6) is 0 Å². The smallest absolute Gasteiger partial charge is 0.266 e. The molecule has 5 rings (SSSR count). The van der Waals surface area contributed by atoms with Gasteiger partial charge >= 0.3 is 0 Å². The molecule has 0 aliphatic heterocycles. The van der Waals surface area contributed by atoms with Crippen LogP contribution >= 0.6 is 0 Å². The molecule has 3 aromatic heterocycles. The number of benzene rings is 2. The molecule has 33 heavy (non-hydrogen) atoms. The van der Waals surface area contributed by atoms with Gasteiger partial charge in [-0.05, 0) is 36.1 Å². The fourth-order valence-corrected chi connectivity index (χ4v) is 3.93. The highest BCUT2D eigenvalue weighted by atomic mass is 19.2. The van der Waals surface area contributed by atoms with Crippen LogP contribution in [0.1, 0.15) is 25.1 Å². The Balaban J connectivity index is 1.78. The SMILES string of the molecule is CC[C@@H](Nc1ncnc2[nH]cnc12)c1cc2cccc(F)c2c(=O)n1-c1cccc(F)c1F. The first-order valence-corrected chi connectivity index (χ1v) is 10.2. The van der Waals surface area contributed by atoms with Crippen LogP contribution in [-0.4, -0.2) is 24.5 Å². The lowest BCUT2D eigenvalue weighted by atomic mass is 10.0. The van der Waals surface area contributed by atoms with Crippen LogP contribution in [-0.2, 0) is 0 Å². The normalized spacial score (nSPS) is 12.4. The average molecular weight is 450 g/mol. The summed E-state index contributed by atoms with van der Waals surface area (Å²) in [4.78, 5) is 28.9. The Morgan fingerprint density at radius 1 is 1.06 bits per heavy atom. The van der Waals surface area contributed by atoms with Crippen molar-refractivity contribution in [1.29, 1.82) is 0 Å². The number of imidazole rings is 1. The molecule has 166 valence electrons. The van der Waals surface area contributed by atoms with Gasteiger partial charge in [0, 0.05) is 5.69 Å². The Hall–Kier alpha value is -4.21. The van der Waals surface area contributed by atoms with Gasteiger partial charge in [-0.3, -0.25) is 9.36 Å². The topological polar surface area (TPSA) is 88.5 Å². The summed E-state index contributed by atoms with van der Waals surface area (Å²) >= 11 is 0. The monoisotopic (exact) mass is 450 g/mol. The van der Waals surface area contributed by atoms with Gasteiger partial charge in [0.05, 0.1) is 23.4 Å². The van der Waals surface area contributed by atoms with Gasteiger partial charge in [0.1, 0.15) is 17.7 Å². The standard InChI is InChI=1S/C23H17F3N6O/c1-2-15(31-22-20-21(28-10-27-20)29-11-30-22)17-9-12-5-3-6-13(24)18(12)23(33)32(17)16-8-4-7-14(25)19(16)26/h3-11,15H,2H2,1H3,(H2,27,28,29,30,31)/t15-/m1/s1. The van der Waals surface area contributed by atoms with Crippen LogP contribution in [0.25, 0.3) is 27.6 Å². The van der Waals surface area contributed by atoms with Crippen molar-refractivity contribution < 1.29 is 13.2 Å². The van der Waals surface area contributed by atoms with Crippen molar-refractivity contribution in [3.8, 4) is 5.69 Å². The molecule has 2 aromatic carbocycles. The Morgan fingerprint density at radius 3 is 2.67 bits per heavy atom. The maximum atomic E-state index is 14.8. The minimum Gasteiger partial charge on any atom is -0.360 e. The Bertz CT molecular complexity index is 1560. The number of pyridine rings is 1. The number of nitrogens with one attached hydrogen (secondary N) is 2. The summed E-state index contributed by atoms with van der Waals surface area (Å²) in [5.74, 6) is -2.67. The van der Waals surface area contributed by atoms with Crippen molar-refractivity contribution in [2.24, 2.45) is 0 Å². The lowest BCUT2D eigenvalue weighted by molar-refractivity contribution is 0.501. The first-order valence-electron chi connectivity index (χ1n) is 10.2. The number of aromatic amines is 1. The number of H-pyrrole nitrogens is 1. The van der Waals surface area contributed by atoms with Crippen molar-refractivity contribution in [3.63, 3.8) is 0 Å². The maximum Gasteiger partial charge on any atom is 0.266 e. The molecule has 0 aliphatic rings. The minimum absolute atomic E-state index is 0.212. The summed E-state index contributed by atoms with van der Waals surface area (Å²) in [5.41, 5.74) is 0.198. The number of aromatic nitrogens is 5. The van der Waals surface area contributed by atoms with Gasteiger partial charge in [-0.2, -0.15) is 0 Å². The predicted molar refractivity (Wildman–Crippen MR) is 118 cm³/mol. The first kappa shape index (κ1) is 20.7. The van der Waals surface area contributed by atoms with Gasteiger partial charge in [0.25, 0.3) is 5.56 Å². The molecule has 10 heteroatoms. The Labute approximate surface area is 185 Å². The largest absolute Gasteiger partial charge is 0.360 e. The third kappa shape index (κ3) is 3.39. The third-order valence-corrected chi connectivity index (χ3v) is 5.49. The van der Waals surface area contributed by atoms with Gasteiger partial charge in [-0.25, -0.2) is 28.1 Å². The number of rotatable bonds is 5. The number of halogens is 3. The van der Waals surface area contributed by atoms with E-state index in [1.165, 1.54) is 30.9 Å². The summed E-state index contributed by atoms with van der Waals surface area (Å²) in [7, 11) is 0. The van der Waals surface area contributed by atoms with E-state index in [-0.39, 0.29) is 11.1 Å². The van der Waals surface area contributed by atoms with Crippen LogP contribution < -0.4 is 10.9 Å². The van der Waals surface area contributed by atoms with E-state index in [2.05, 4.69) is 25.3 Å². The van der Waals surface area contributed by atoms with E-state index < -0.39 is 29.1 Å². The second-order valence-electron chi connectivity index (χ2n) is 7.41. The summed E-state index contributed by atoms with van der Waals surface area (Å²) in [5, 5.41) is 3.35. The summed E-state index contributed by atoms with van der Waals surface area (Å²) < 4.78 is 44.5. The highest BCUT2D eigenvalue weighted by Crippen LogP contribution is 2.29. The fourth-order valence-electron chi connectivity index (χ4n) is 3.93. The van der Waals surface area contributed by atoms with Gasteiger partial charge in [0.2, 0.25) is 0 Å². The fraction of sp³-hybridized carbons (Fsp3) is 0.130. The molecular weight excluding hydrogens is 433 g/mol. The van der Waals surface area contributed by atoms with Crippen molar-refractivity contribution in [2.75, 3.05) is 5.32 Å². The summed E-state index contributed by atoms with van der Waals surface area (Å²) in [6, 6.07) is 8.77. The second kappa shape index (κ2) is 8.05. The van der Waals surface area contributed by atoms with E-state index in [4.69, 9.17) is 0 Å². The van der Waals surface area contributed by atoms with E-state index in [0.29, 0.717) is 34.5 Å². The zero-order valence-corrected chi connectivity index (χ0v) is 17.3. The molecule has 0 spiro atoms. The molecular formula is C23H17F3N6O. The van der Waals surface area contributed by atoms with Gasteiger partial charge in [0.15, 0.2) is 23.1 Å². The van der Waals surface area contributed by atoms with Crippen LogP contribution in [0.4, 0.5) is 19.0 Å². The van der Waals surface area contributed by atoms with Crippen LogP contribution in [0, 0.1) is 17.5 Å². The minimum atomic E-state index is -1.21. The zero-order chi connectivity index (χ0) is 23.1. The molecule has 2 N–H and O–H groups in total. The highest BCUT2D eigenvalue weighted by molar-refractivity contribution is 5.84. The van der Waals surface area contributed by atoms with Gasteiger partial charge < -0.3 is 10.3 Å². The van der Waals surface area contributed by atoms with E-state index in [1.54, 1.807) is 12.1 Å². The maximum absolute atomic E-state index is 14.8. The molecule has 0 fully saturated rings. The molecule has 7 nitrogen and oxygen atoms in total. The van der Waals surface area contributed by atoms with Crippen LogP contribution in [0.2, 0.25) is 0 Å². The highest BCUT2D eigenvalue weighted by Gasteiger charge is 2.23.